The molecule has 1 aliphatic rings. The second-order valence-electron chi connectivity index (χ2n) is 4.62. The number of para-hydroxylation sites is 1. The van der Waals surface area contributed by atoms with E-state index in [4.69, 9.17) is 0 Å². The van der Waals surface area contributed by atoms with Crippen LogP contribution in [0.2, 0.25) is 0 Å². The first-order valence-electron chi connectivity index (χ1n) is 5.94. The Morgan fingerprint density at radius 1 is 1.18 bits per heavy atom. The zero-order chi connectivity index (χ0) is 11.8. The van der Waals surface area contributed by atoms with Crippen molar-refractivity contribution in [2.75, 3.05) is 11.9 Å². The zero-order valence-electron chi connectivity index (χ0n) is 10.2. The summed E-state index contributed by atoms with van der Waals surface area (Å²) in [5, 5.41) is 3.41. The van der Waals surface area contributed by atoms with Crippen molar-refractivity contribution in [3.05, 3.63) is 52.8 Å². The lowest BCUT2D eigenvalue weighted by Crippen LogP contribution is -1.91. The Bertz CT molecular complexity index is 591. The smallest absolute Gasteiger partial charge is 0.0419 e. The maximum Gasteiger partial charge on any atom is 0.0419 e. The maximum absolute atomic E-state index is 3.41. The van der Waals surface area contributed by atoms with Crippen molar-refractivity contribution in [2.45, 2.75) is 13.8 Å². The lowest BCUT2D eigenvalue weighted by atomic mass is 10.1. The van der Waals surface area contributed by atoms with Crippen molar-refractivity contribution >= 4 is 17.3 Å². The van der Waals surface area contributed by atoms with Crippen LogP contribution in [0.4, 0.5) is 5.69 Å². The van der Waals surface area contributed by atoms with Gasteiger partial charge >= 0.3 is 0 Å². The Labute approximate surface area is 101 Å². The highest BCUT2D eigenvalue weighted by Crippen LogP contribution is 2.31. The van der Waals surface area contributed by atoms with E-state index >= 15 is 0 Å². The van der Waals surface area contributed by atoms with Crippen LogP contribution in [0.25, 0.3) is 11.6 Å². The molecule has 2 heteroatoms. The predicted molar refractivity (Wildman–Crippen MR) is 73.1 cm³/mol. The van der Waals surface area contributed by atoms with Crippen LogP contribution in [0.3, 0.4) is 0 Å². The van der Waals surface area contributed by atoms with E-state index in [2.05, 4.69) is 60.6 Å². The SMILES string of the molecule is Cc1cc(C)c(/C=C2\CNc3ccccc32)[nH]1. The number of hydrogen-bond acceptors (Lipinski definition) is 1. The molecule has 17 heavy (non-hydrogen) atoms. The van der Waals surface area contributed by atoms with E-state index in [0.29, 0.717) is 0 Å². The number of aromatic amines is 1. The average molecular weight is 224 g/mol. The minimum Gasteiger partial charge on any atom is -0.380 e. The summed E-state index contributed by atoms with van der Waals surface area (Å²) < 4.78 is 0. The van der Waals surface area contributed by atoms with E-state index in [0.717, 1.165) is 6.54 Å². The molecule has 2 N–H and O–H groups in total. The lowest BCUT2D eigenvalue weighted by molar-refractivity contribution is 1.24. The van der Waals surface area contributed by atoms with Gasteiger partial charge < -0.3 is 10.3 Å². The molecule has 0 saturated heterocycles. The topological polar surface area (TPSA) is 27.8 Å². The molecule has 86 valence electrons. The van der Waals surface area contributed by atoms with Gasteiger partial charge in [0.25, 0.3) is 0 Å². The number of rotatable bonds is 1. The summed E-state index contributed by atoms with van der Waals surface area (Å²) in [5.74, 6) is 0. The molecule has 1 aliphatic heterocycles. The highest BCUT2D eigenvalue weighted by Gasteiger charge is 2.14. The molecule has 2 aromatic rings. The first-order chi connectivity index (χ1) is 8.24. The van der Waals surface area contributed by atoms with Gasteiger partial charge in [-0.1, -0.05) is 18.2 Å². The summed E-state index contributed by atoms with van der Waals surface area (Å²) >= 11 is 0. The molecule has 0 radical (unpaired) electrons. The Hall–Kier alpha value is -1.96. The molecule has 0 spiro atoms. The number of aromatic nitrogens is 1. The molecule has 0 aliphatic carbocycles. The normalized spacial score (nSPS) is 16.0. The van der Waals surface area contributed by atoms with Gasteiger partial charge in [0.2, 0.25) is 0 Å². The number of fused-ring (bicyclic) bond motifs is 1. The van der Waals surface area contributed by atoms with E-state index in [9.17, 15) is 0 Å². The van der Waals surface area contributed by atoms with Gasteiger partial charge in [-0.15, -0.1) is 0 Å². The van der Waals surface area contributed by atoms with Crippen molar-refractivity contribution in [3.63, 3.8) is 0 Å². The minimum atomic E-state index is 0.914. The van der Waals surface area contributed by atoms with E-state index in [1.807, 2.05) is 0 Å². The Balaban J connectivity index is 2.04. The van der Waals surface area contributed by atoms with Crippen molar-refractivity contribution in [1.29, 1.82) is 0 Å². The van der Waals surface area contributed by atoms with Crippen LogP contribution in [0.15, 0.2) is 30.3 Å². The third-order valence-corrected chi connectivity index (χ3v) is 3.25. The molecule has 1 aromatic heterocycles. The molecular formula is C15H16N2. The number of benzene rings is 1. The van der Waals surface area contributed by atoms with Crippen LogP contribution < -0.4 is 5.32 Å². The van der Waals surface area contributed by atoms with Gasteiger partial charge in [0.05, 0.1) is 0 Å². The van der Waals surface area contributed by atoms with Gasteiger partial charge in [0.15, 0.2) is 0 Å². The molecular weight excluding hydrogens is 208 g/mol. The third kappa shape index (κ3) is 1.76. The fourth-order valence-corrected chi connectivity index (χ4v) is 2.41. The van der Waals surface area contributed by atoms with Crippen molar-refractivity contribution in [2.24, 2.45) is 0 Å². The molecule has 2 heterocycles. The molecule has 0 atom stereocenters. The second-order valence-corrected chi connectivity index (χ2v) is 4.62. The maximum atomic E-state index is 3.41. The van der Waals surface area contributed by atoms with Crippen LogP contribution in [0.1, 0.15) is 22.5 Å². The second kappa shape index (κ2) is 3.81. The van der Waals surface area contributed by atoms with Crippen molar-refractivity contribution in [1.82, 2.24) is 4.98 Å². The van der Waals surface area contributed by atoms with Crippen LogP contribution in [-0.2, 0) is 0 Å². The highest BCUT2D eigenvalue weighted by molar-refractivity contribution is 5.92. The summed E-state index contributed by atoms with van der Waals surface area (Å²) in [7, 11) is 0. The first kappa shape index (κ1) is 10.2. The largest absolute Gasteiger partial charge is 0.380 e. The first-order valence-corrected chi connectivity index (χ1v) is 5.94. The number of H-pyrrole nitrogens is 1. The Morgan fingerprint density at radius 2 is 2.00 bits per heavy atom. The molecule has 1 aromatic carbocycles. The Morgan fingerprint density at radius 3 is 2.76 bits per heavy atom. The quantitative estimate of drug-likeness (QED) is 0.761. The van der Waals surface area contributed by atoms with Crippen molar-refractivity contribution in [3.8, 4) is 0 Å². The van der Waals surface area contributed by atoms with Crippen LogP contribution in [-0.4, -0.2) is 11.5 Å². The standard InChI is InChI=1S/C15H16N2/c1-10-7-11(2)17-15(10)8-12-9-16-14-6-4-3-5-13(12)14/h3-8,16-17H,9H2,1-2H3/b12-8+. The van der Waals surface area contributed by atoms with Crippen LogP contribution in [0, 0.1) is 13.8 Å². The molecule has 2 nitrogen and oxygen atoms in total. The summed E-state index contributed by atoms with van der Waals surface area (Å²) in [6, 6.07) is 10.6. The van der Waals surface area contributed by atoms with E-state index in [1.165, 1.54) is 33.8 Å². The molecule has 0 saturated carbocycles. The van der Waals surface area contributed by atoms with Gasteiger partial charge in [-0.25, -0.2) is 0 Å². The summed E-state index contributed by atoms with van der Waals surface area (Å²) in [6.45, 7) is 5.15. The van der Waals surface area contributed by atoms with Gasteiger partial charge in [-0.05, 0) is 43.2 Å². The molecule has 0 amide bonds. The van der Waals surface area contributed by atoms with E-state index in [-0.39, 0.29) is 0 Å². The van der Waals surface area contributed by atoms with Gasteiger partial charge in [-0.3, -0.25) is 0 Å². The van der Waals surface area contributed by atoms with E-state index in [1.54, 1.807) is 0 Å². The third-order valence-electron chi connectivity index (χ3n) is 3.25. The summed E-state index contributed by atoms with van der Waals surface area (Å²) in [5.41, 5.74) is 7.65. The van der Waals surface area contributed by atoms with Gasteiger partial charge in [0, 0.05) is 29.2 Å². The molecule has 0 bridgehead atoms. The number of nitrogens with one attached hydrogen (secondary N) is 2. The molecule has 0 fully saturated rings. The predicted octanol–water partition coefficient (Wildman–Crippen LogP) is 3.60. The molecule has 0 unspecified atom stereocenters. The van der Waals surface area contributed by atoms with E-state index < -0.39 is 0 Å². The minimum absolute atomic E-state index is 0.914. The number of anilines is 1. The fraction of sp³-hybridized carbons (Fsp3) is 0.200. The number of aryl methyl sites for hydroxylation is 2. The summed E-state index contributed by atoms with van der Waals surface area (Å²) in [4.78, 5) is 3.40. The van der Waals surface area contributed by atoms with Crippen molar-refractivity contribution < 1.29 is 0 Å². The average Bonchev–Trinajstić information content (AvgIpc) is 2.85. The zero-order valence-corrected chi connectivity index (χ0v) is 10.2. The summed E-state index contributed by atoms with van der Waals surface area (Å²) in [6.07, 6.45) is 2.25. The van der Waals surface area contributed by atoms with Crippen LogP contribution >= 0.6 is 0 Å². The van der Waals surface area contributed by atoms with Crippen LogP contribution in [0.5, 0.6) is 0 Å². The van der Waals surface area contributed by atoms with Gasteiger partial charge in [-0.2, -0.15) is 0 Å². The lowest BCUT2D eigenvalue weighted by Gasteiger charge is -1.99. The fourth-order valence-electron chi connectivity index (χ4n) is 2.41. The number of hydrogen-bond donors (Lipinski definition) is 2. The van der Waals surface area contributed by atoms with Gasteiger partial charge in [0.1, 0.15) is 0 Å². The Kier molecular flexibility index (Phi) is 2.29. The highest BCUT2D eigenvalue weighted by atomic mass is 14.9. The monoisotopic (exact) mass is 224 g/mol. The molecule has 3 rings (SSSR count).